The van der Waals surface area contributed by atoms with Gasteiger partial charge in [0.25, 0.3) is 5.91 Å². The summed E-state index contributed by atoms with van der Waals surface area (Å²) in [5.74, 6) is 0.599. The SMILES string of the molecule is CCCNC(=O)[C@H](Cc1ccccc1)N(Cc1ccc(C)cc1)C(=O)COc1ccccc1C(C)C. The Hall–Kier alpha value is -3.60. The first-order valence-electron chi connectivity index (χ1n) is 12.8. The molecule has 5 nitrogen and oxygen atoms in total. The summed E-state index contributed by atoms with van der Waals surface area (Å²) >= 11 is 0. The van der Waals surface area contributed by atoms with Crippen molar-refractivity contribution in [3.05, 3.63) is 101 Å². The highest BCUT2D eigenvalue weighted by molar-refractivity contribution is 5.88. The van der Waals surface area contributed by atoms with Gasteiger partial charge in [-0.2, -0.15) is 0 Å². The zero-order chi connectivity index (χ0) is 25.9. The summed E-state index contributed by atoms with van der Waals surface area (Å²) in [6, 6.07) is 25.0. The summed E-state index contributed by atoms with van der Waals surface area (Å²) in [7, 11) is 0. The van der Waals surface area contributed by atoms with Crippen LogP contribution in [0.25, 0.3) is 0 Å². The number of nitrogens with one attached hydrogen (secondary N) is 1. The Labute approximate surface area is 215 Å². The minimum absolute atomic E-state index is 0.137. The number of carbonyl (C=O) groups excluding carboxylic acids is 2. The third kappa shape index (κ3) is 7.70. The van der Waals surface area contributed by atoms with E-state index in [0.717, 1.165) is 28.7 Å². The van der Waals surface area contributed by atoms with Gasteiger partial charge in [-0.25, -0.2) is 0 Å². The monoisotopic (exact) mass is 486 g/mol. The highest BCUT2D eigenvalue weighted by atomic mass is 16.5. The second-order valence-corrected chi connectivity index (χ2v) is 9.48. The topological polar surface area (TPSA) is 58.6 Å². The number of para-hydroxylation sites is 1. The lowest BCUT2D eigenvalue weighted by Crippen LogP contribution is -2.51. The number of hydrogen-bond acceptors (Lipinski definition) is 3. The second-order valence-electron chi connectivity index (χ2n) is 9.48. The van der Waals surface area contributed by atoms with Crippen molar-refractivity contribution < 1.29 is 14.3 Å². The number of nitrogens with zero attached hydrogens (tertiary/aromatic N) is 1. The van der Waals surface area contributed by atoms with E-state index in [1.807, 2.05) is 92.7 Å². The fraction of sp³-hybridized carbons (Fsp3) is 0.355. The molecule has 36 heavy (non-hydrogen) atoms. The molecule has 2 amide bonds. The lowest BCUT2D eigenvalue weighted by molar-refractivity contribution is -0.142. The smallest absolute Gasteiger partial charge is 0.261 e. The molecule has 0 radical (unpaired) electrons. The molecule has 0 aliphatic rings. The normalized spacial score (nSPS) is 11.7. The molecule has 190 valence electrons. The maximum atomic E-state index is 13.7. The second kappa shape index (κ2) is 13.5. The maximum Gasteiger partial charge on any atom is 0.261 e. The van der Waals surface area contributed by atoms with Crippen LogP contribution < -0.4 is 10.1 Å². The Balaban J connectivity index is 1.90. The fourth-order valence-electron chi connectivity index (χ4n) is 4.12. The van der Waals surface area contributed by atoms with Crippen molar-refractivity contribution in [2.75, 3.05) is 13.2 Å². The molecule has 0 saturated carbocycles. The number of benzene rings is 3. The van der Waals surface area contributed by atoms with Gasteiger partial charge in [0.15, 0.2) is 6.61 Å². The van der Waals surface area contributed by atoms with Gasteiger partial charge in [-0.05, 0) is 42.0 Å². The molecule has 0 unspecified atom stereocenters. The molecule has 0 aliphatic carbocycles. The van der Waals surface area contributed by atoms with E-state index in [1.54, 1.807) is 4.90 Å². The van der Waals surface area contributed by atoms with Gasteiger partial charge in [0, 0.05) is 19.5 Å². The van der Waals surface area contributed by atoms with Crippen molar-refractivity contribution in [1.29, 1.82) is 0 Å². The standard InChI is InChI=1S/C31H38N2O3/c1-5-19-32-31(35)28(20-25-11-7-6-8-12-25)33(21-26-17-15-24(4)16-18-26)30(34)22-36-29-14-10-9-13-27(29)23(2)3/h6-18,23,28H,5,19-22H2,1-4H3,(H,32,35)/t28-/m0/s1. The van der Waals surface area contributed by atoms with E-state index in [9.17, 15) is 9.59 Å². The van der Waals surface area contributed by atoms with Crippen molar-refractivity contribution in [2.45, 2.75) is 59.0 Å². The Morgan fingerprint density at radius 2 is 1.56 bits per heavy atom. The van der Waals surface area contributed by atoms with Crippen LogP contribution in [0.4, 0.5) is 0 Å². The van der Waals surface area contributed by atoms with Gasteiger partial charge in [-0.1, -0.05) is 99.1 Å². The van der Waals surface area contributed by atoms with E-state index >= 15 is 0 Å². The van der Waals surface area contributed by atoms with Gasteiger partial charge in [-0.3, -0.25) is 9.59 Å². The van der Waals surface area contributed by atoms with Crippen LogP contribution in [0.2, 0.25) is 0 Å². The molecule has 0 fully saturated rings. The first-order valence-corrected chi connectivity index (χ1v) is 12.8. The quantitative estimate of drug-likeness (QED) is 0.359. The van der Waals surface area contributed by atoms with Gasteiger partial charge < -0.3 is 15.0 Å². The number of ether oxygens (including phenoxy) is 1. The van der Waals surface area contributed by atoms with Crippen LogP contribution in [-0.2, 0) is 22.6 Å². The van der Waals surface area contributed by atoms with Gasteiger partial charge >= 0.3 is 0 Å². The van der Waals surface area contributed by atoms with Crippen molar-refractivity contribution >= 4 is 11.8 Å². The molecule has 3 rings (SSSR count). The molecule has 3 aromatic rings. The minimum atomic E-state index is -0.656. The Kier molecular flexibility index (Phi) is 10.1. The van der Waals surface area contributed by atoms with E-state index in [-0.39, 0.29) is 24.3 Å². The molecule has 0 heterocycles. The lowest BCUT2D eigenvalue weighted by atomic mass is 10.0. The summed E-state index contributed by atoms with van der Waals surface area (Å²) in [6.45, 7) is 9.00. The number of carbonyl (C=O) groups is 2. The van der Waals surface area contributed by atoms with Crippen molar-refractivity contribution in [1.82, 2.24) is 10.2 Å². The molecule has 0 saturated heterocycles. The van der Waals surface area contributed by atoms with E-state index in [0.29, 0.717) is 25.3 Å². The summed E-state index contributed by atoms with van der Waals surface area (Å²) in [5, 5.41) is 3.01. The molecular formula is C31H38N2O3. The van der Waals surface area contributed by atoms with Crippen LogP contribution in [0.3, 0.4) is 0 Å². The van der Waals surface area contributed by atoms with Crippen molar-refractivity contribution in [2.24, 2.45) is 0 Å². The first kappa shape index (κ1) is 27.0. The van der Waals surface area contributed by atoms with Gasteiger partial charge in [0.05, 0.1) is 0 Å². The fourth-order valence-corrected chi connectivity index (χ4v) is 4.12. The van der Waals surface area contributed by atoms with E-state index < -0.39 is 6.04 Å². The largest absolute Gasteiger partial charge is 0.483 e. The van der Waals surface area contributed by atoms with Gasteiger partial charge in [-0.15, -0.1) is 0 Å². The third-order valence-corrected chi connectivity index (χ3v) is 6.19. The molecule has 1 N–H and O–H groups in total. The average Bonchev–Trinajstić information content (AvgIpc) is 2.89. The molecule has 0 spiro atoms. The molecule has 1 atom stereocenters. The zero-order valence-electron chi connectivity index (χ0n) is 21.9. The zero-order valence-corrected chi connectivity index (χ0v) is 21.9. The highest BCUT2D eigenvalue weighted by Crippen LogP contribution is 2.26. The van der Waals surface area contributed by atoms with Crippen molar-refractivity contribution in [3.63, 3.8) is 0 Å². The van der Waals surface area contributed by atoms with Crippen molar-refractivity contribution in [3.8, 4) is 5.75 Å². The number of hydrogen-bond donors (Lipinski definition) is 1. The van der Waals surface area contributed by atoms with Crippen LogP contribution in [0.1, 0.15) is 55.4 Å². The predicted octanol–water partition coefficient (Wildman–Crippen LogP) is 5.66. The number of rotatable bonds is 12. The van der Waals surface area contributed by atoms with Gasteiger partial charge in [0.1, 0.15) is 11.8 Å². The number of aryl methyl sites for hydroxylation is 1. The van der Waals surface area contributed by atoms with E-state index in [1.165, 1.54) is 0 Å². The molecule has 3 aromatic carbocycles. The molecule has 5 heteroatoms. The molecular weight excluding hydrogens is 448 g/mol. The lowest BCUT2D eigenvalue weighted by Gasteiger charge is -2.31. The predicted molar refractivity (Wildman–Crippen MR) is 145 cm³/mol. The Bertz CT molecular complexity index is 1110. The van der Waals surface area contributed by atoms with E-state index in [2.05, 4.69) is 19.2 Å². The Morgan fingerprint density at radius 3 is 2.22 bits per heavy atom. The summed E-state index contributed by atoms with van der Waals surface area (Å²) in [5.41, 5.74) is 4.17. The van der Waals surface area contributed by atoms with E-state index in [4.69, 9.17) is 4.74 Å². The summed E-state index contributed by atoms with van der Waals surface area (Å²) in [6.07, 6.45) is 1.25. The van der Waals surface area contributed by atoms with Gasteiger partial charge in [0.2, 0.25) is 5.91 Å². The maximum absolute atomic E-state index is 13.7. The minimum Gasteiger partial charge on any atom is -0.483 e. The number of amides is 2. The summed E-state index contributed by atoms with van der Waals surface area (Å²) < 4.78 is 6.04. The van der Waals surface area contributed by atoms with Crippen LogP contribution in [0.15, 0.2) is 78.9 Å². The van der Waals surface area contributed by atoms with Crippen LogP contribution in [0, 0.1) is 6.92 Å². The van der Waals surface area contributed by atoms with Crippen LogP contribution in [0.5, 0.6) is 5.75 Å². The summed E-state index contributed by atoms with van der Waals surface area (Å²) in [4.78, 5) is 28.7. The Morgan fingerprint density at radius 1 is 0.889 bits per heavy atom. The molecule has 0 aromatic heterocycles. The third-order valence-electron chi connectivity index (χ3n) is 6.19. The highest BCUT2D eigenvalue weighted by Gasteiger charge is 2.30. The average molecular weight is 487 g/mol. The first-order chi connectivity index (χ1) is 17.4. The molecule has 0 aliphatic heterocycles. The van der Waals surface area contributed by atoms with Crippen LogP contribution in [-0.4, -0.2) is 35.9 Å². The molecule has 0 bridgehead atoms. The van der Waals surface area contributed by atoms with Crippen LogP contribution >= 0.6 is 0 Å².